The number of para-hydroxylation sites is 1. The van der Waals surface area contributed by atoms with E-state index in [2.05, 4.69) is 45.9 Å². The number of rotatable bonds is 4. The summed E-state index contributed by atoms with van der Waals surface area (Å²) in [6, 6.07) is 6.19. The van der Waals surface area contributed by atoms with Gasteiger partial charge in [0, 0.05) is 0 Å². The maximum Gasteiger partial charge on any atom is 0.284 e. The molecular formula is C12H17Cl2OP. The normalized spacial score (nSPS) is 11.6. The van der Waals surface area contributed by atoms with Crippen molar-refractivity contribution in [3.63, 3.8) is 0 Å². The summed E-state index contributed by atoms with van der Waals surface area (Å²) in [5.41, 5.74) is 2.33. The predicted molar refractivity (Wildman–Crippen MR) is 73.9 cm³/mol. The Labute approximate surface area is 109 Å². The van der Waals surface area contributed by atoms with Gasteiger partial charge in [-0.3, -0.25) is 0 Å². The Morgan fingerprint density at radius 2 is 1.44 bits per heavy atom. The molecule has 0 radical (unpaired) electrons. The summed E-state index contributed by atoms with van der Waals surface area (Å²) in [6.07, 6.45) is 0. The zero-order chi connectivity index (χ0) is 12.3. The smallest absolute Gasteiger partial charge is 0.284 e. The largest absolute Gasteiger partial charge is 0.444 e. The molecule has 1 rings (SSSR count). The van der Waals surface area contributed by atoms with Crippen molar-refractivity contribution in [2.75, 3.05) is 0 Å². The third-order valence-corrected chi connectivity index (χ3v) is 3.21. The molecule has 0 amide bonds. The van der Waals surface area contributed by atoms with E-state index >= 15 is 0 Å². The summed E-state index contributed by atoms with van der Waals surface area (Å²) < 4.78 is 5.59. The summed E-state index contributed by atoms with van der Waals surface area (Å²) in [6.45, 7) is 7.13. The quantitative estimate of drug-likeness (QED) is 0.612. The highest BCUT2D eigenvalue weighted by molar-refractivity contribution is 8.00. The second kappa shape index (κ2) is 6.10. The average Bonchev–Trinajstić information content (AvgIpc) is 2.16. The molecule has 0 heterocycles. The molecule has 0 unspecified atom stereocenters. The summed E-state index contributed by atoms with van der Waals surface area (Å²) in [5.74, 6) is 1.66. The SMILES string of the molecule is CC(C)c1cccc(C(C)C)c1OP(Cl)Cl. The Kier molecular flexibility index (Phi) is 5.37. The fraction of sp³-hybridized carbons (Fsp3) is 0.500. The Morgan fingerprint density at radius 1 is 1.00 bits per heavy atom. The van der Waals surface area contributed by atoms with Crippen molar-refractivity contribution in [1.82, 2.24) is 0 Å². The van der Waals surface area contributed by atoms with Gasteiger partial charge in [-0.2, -0.15) is 0 Å². The predicted octanol–water partition coefficient (Wildman–Crippen LogP) is 6.02. The Bertz CT molecular complexity index is 325. The molecule has 0 spiro atoms. The summed E-state index contributed by atoms with van der Waals surface area (Å²) in [4.78, 5) is 0. The lowest BCUT2D eigenvalue weighted by Crippen LogP contribution is -1.98. The third kappa shape index (κ3) is 3.52. The van der Waals surface area contributed by atoms with E-state index < -0.39 is 6.85 Å². The van der Waals surface area contributed by atoms with Gasteiger partial charge < -0.3 is 4.52 Å². The molecule has 16 heavy (non-hydrogen) atoms. The van der Waals surface area contributed by atoms with Gasteiger partial charge in [-0.1, -0.05) is 45.9 Å². The molecular weight excluding hydrogens is 262 g/mol. The molecule has 0 bridgehead atoms. The first-order chi connectivity index (χ1) is 7.43. The number of hydrogen-bond donors (Lipinski definition) is 0. The minimum atomic E-state index is -1.41. The minimum absolute atomic E-state index is 0.400. The molecule has 0 aliphatic carbocycles. The van der Waals surface area contributed by atoms with Crippen LogP contribution in [0.25, 0.3) is 0 Å². The van der Waals surface area contributed by atoms with Crippen molar-refractivity contribution in [3.8, 4) is 5.75 Å². The van der Waals surface area contributed by atoms with E-state index in [9.17, 15) is 0 Å². The van der Waals surface area contributed by atoms with Gasteiger partial charge in [0.2, 0.25) is 0 Å². The molecule has 0 aliphatic rings. The van der Waals surface area contributed by atoms with E-state index in [1.807, 2.05) is 0 Å². The Morgan fingerprint density at radius 3 is 1.75 bits per heavy atom. The van der Waals surface area contributed by atoms with E-state index in [-0.39, 0.29) is 0 Å². The third-order valence-electron chi connectivity index (χ3n) is 2.48. The van der Waals surface area contributed by atoms with E-state index in [1.165, 1.54) is 11.1 Å². The van der Waals surface area contributed by atoms with Crippen LogP contribution < -0.4 is 4.52 Å². The lowest BCUT2D eigenvalue weighted by Gasteiger charge is -2.19. The molecule has 0 fully saturated rings. The van der Waals surface area contributed by atoms with E-state index in [1.54, 1.807) is 0 Å². The van der Waals surface area contributed by atoms with Gasteiger partial charge in [0.15, 0.2) is 0 Å². The van der Waals surface area contributed by atoms with Crippen LogP contribution in [0.2, 0.25) is 0 Å². The van der Waals surface area contributed by atoms with Gasteiger partial charge in [0.05, 0.1) is 0 Å². The van der Waals surface area contributed by atoms with Gasteiger partial charge in [-0.15, -0.1) is 0 Å². The Hall–Kier alpha value is 0.0300. The maximum atomic E-state index is 5.77. The first-order valence-corrected chi connectivity index (χ1v) is 8.43. The standard InChI is InChI=1S/C12H17Cl2OP/c1-8(2)10-6-5-7-11(9(3)4)12(10)15-16(13)14/h5-9H,1-4H3. The molecule has 0 aliphatic heterocycles. The first kappa shape index (κ1) is 14.1. The average molecular weight is 279 g/mol. The van der Waals surface area contributed by atoms with Gasteiger partial charge >= 0.3 is 0 Å². The molecule has 4 heteroatoms. The minimum Gasteiger partial charge on any atom is -0.444 e. The highest BCUT2D eigenvalue weighted by atomic mass is 35.9. The molecule has 0 saturated carbocycles. The molecule has 1 aromatic carbocycles. The van der Waals surface area contributed by atoms with E-state index in [0.29, 0.717) is 11.8 Å². The number of hydrogen-bond acceptors (Lipinski definition) is 1. The van der Waals surface area contributed by atoms with Gasteiger partial charge in [-0.25, -0.2) is 0 Å². The van der Waals surface area contributed by atoms with Crippen LogP contribution in [0.5, 0.6) is 5.75 Å². The van der Waals surface area contributed by atoms with Crippen LogP contribution in [-0.2, 0) is 0 Å². The molecule has 0 N–H and O–H groups in total. The first-order valence-electron chi connectivity index (χ1n) is 5.36. The van der Waals surface area contributed by atoms with Crippen molar-refractivity contribution in [2.24, 2.45) is 0 Å². The van der Waals surface area contributed by atoms with E-state index in [4.69, 9.17) is 27.0 Å². The summed E-state index contributed by atoms with van der Waals surface area (Å²) in [7, 11) is 0. The monoisotopic (exact) mass is 278 g/mol. The fourth-order valence-corrected chi connectivity index (χ4v) is 2.42. The van der Waals surface area contributed by atoms with Crippen LogP contribution in [0.3, 0.4) is 0 Å². The lowest BCUT2D eigenvalue weighted by atomic mass is 9.94. The number of benzene rings is 1. The van der Waals surface area contributed by atoms with Crippen LogP contribution in [0, 0.1) is 0 Å². The van der Waals surface area contributed by atoms with Crippen LogP contribution >= 0.6 is 29.3 Å². The van der Waals surface area contributed by atoms with E-state index in [0.717, 1.165) is 5.75 Å². The lowest BCUT2D eigenvalue weighted by molar-refractivity contribution is 0.597. The van der Waals surface area contributed by atoms with Crippen LogP contribution in [0.1, 0.15) is 50.7 Å². The van der Waals surface area contributed by atoms with Crippen molar-refractivity contribution in [2.45, 2.75) is 39.5 Å². The van der Waals surface area contributed by atoms with Crippen molar-refractivity contribution < 1.29 is 4.52 Å². The highest BCUT2D eigenvalue weighted by Crippen LogP contribution is 2.51. The van der Waals surface area contributed by atoms with Crippen LogP contribution in [0.4, 0.5) is 0 Å². The van der Waals surface area contributed by atoms with Gasteiger partial charge in [-0.05, 0) is 45.4 Å². The molecule has 90 valence electrons. The molecule has 1 nitrogen and oxygen atoms in total. The van der Waals surface area contributed by atoms with Gasteiger partial charge in [0.1, 0.15) is 5.75 Å². The topological polar surface area (TPSA) is 9.23 Å². The van der Waals surface area contributed by atoms with Crippen LogP contribution in [-0.4, -0.2) is 0 Å². The molecule has 0 atom stereocenters. The summed E-state index contributed by atoms with van der Waals surface area (Å²) in [5, 5.41) is 0. The zero-order valence-corrected chi connectivity index (χ0v) is 12.4. The van der Waals surface area contributed by atoms with Crippen molar-refractivity contribution in [1.29, 1.82) is 0 Å². The summed E-state index contributed by atoms with van der Waals surface area (Å²) >= 11 is 11.5. The van der Waals surface area contributed by atoms with Crippen LogP contribution in [0.15, 0.2) is 18.2 Å². The van der Waals surface area contributed by atoms with Crippen molar-refractivity contribution in [3.05, 3.63) is 29.3 Å². The fourth-order valence-electron chi connectivity index (χ4n) is 1.66. The Balaban J connectivity index is 3.23. The molecule has 0 aromatic heterocycles. The second-order valence-corrected chi connectivity index (χ2v) is 7.32. The number of halogens is 2. The van der Waals surface area contributed by atoms with Crippen molar-refractivity contribution >= 4 is 29.3 Å². The highest BCUT2D eigenvalue weighted by Gasteiger charge is 2.17. The maximum absolute atomic E-state index is 5.77. The molecule has 1 aromatic rings. The molecule has 0 saturated heterocycles. The van der Waals surface area contributed by atoms with Gasteiger partial charge in [0.25, 0.3) is 6.85 Å². The zero-order valence-electron chi connectivity index (χ0n) is 10.00. The second-order valence-electron chi connectivity index (χ2n) is 4.37.